The first-order valence-corrected chi connectivity index (χ1v) is 4.69. The molecule has 0 bridgehead atoms. The quantitative estimate of drug-likeness (QED) is 0.637. The van der Waals surface area contributed by atoms with Crippen LogP contribution in [0.2, 0.25) is 0 Å². The van der Waals surface area contributed by atoms with Gasteiger partial charge in [0.2, 0.25) is 0 Å². The van der Waals surface area contributed by atoms with Gasteiger partial charge in [0.05, 0.1) is 12.1 Å². The summed E-state index contributed by atoms with van der Waals surface area (Å²) < 4.78 is 48.2. The lowest BCUT2D eigenvalue weighted by molar-refractivity contribution is -0.132. The van der Waals surface area contributed by atoms with Crippen molar-refractivity contribution in [2.75, 3.05) is 12.3 Å². The lowest BCUT2D eigenvalue weighted by Crippen LogP contribution is -2.28. The summed E-state index contributed by atoms with van der Waals surface area (Å²) >= 11 is 0. The molecular weight excluding hydrogens is 240 g/mol. The van der Waals surface area contributed by atoms with E-state index in [1.54, 1.807) is 0 Å². The number of anilines is 1. The molecule has 1 amide bonds. The van der Waals surface area contributed by atoms with Crippen LogP contribution in [0.5, 0.6) is 0 Å². The number of rotatable bonds is 3. The van der Waals surface area contributed by atoms with Gasteiger partial charge in [0.1, 0.15) is 5.82 Å². The van der Waals surface area contributed by atoms with E-state index in [9.17, 15) is 22.4 Å². The Labute approximate surface area is 94.6 Å². The fourth-order valence-corrected chi connectivity index (χ4v) is 1.10. The highest BCUT2D eigenvalue weighted by Gasteiger charge is 2.26. The van der Waals surface area contributed by atoms with Crippen molar-refractivity contribution in [2.24, 2.45) is 0 Å². The number of hydrogen-bond donors (Lipinski definition) is 2. The summed E-state index contributed by atoms with van der Waals surface area (Å²) in [7, 11) is 0. The Morgan fingerprint density at radius 1 is 1.35 bits per heavy atom. The molecule has 1 aromatic rings. The standard InChI is InChI=1S/C10H10F4N2O/c11-7-2-1-6(5-8(7)15)9(17)16-4-3-10(12,13)14/h1-2,5H,3-4,15H2,(H,16,17). The average Bonchev–Trinajstić information content (AvgIpc) is 2.20. The van der Waals surface area contributed by atoms with E-state index in [-0.39, 0.29) is 11.3 Å². The number of carbonyl (C=O) groups excluding carboxylic acids is 1. The molecule has 0 atom stereocenters. The zero-order valence-corrected chi connectivity index (χ0v) is 8.64. The Balaban J connectivity index is 2.56. The molecule has 0 aromatic heterocycles. The number of nitrogens with two attached hydrogens (primary N) is 1. The Morgan fingerprint density at radius 2 is 2.00 bits per heavy atom. The minimum absolute atomic E-state index is 0.0195. The second-order valence-corrected chi connectivity index (χ2v) is 3.36. The summed E-state index contributed by atoms with van der Waals surface area (Å²) in [5.74, 6) is -1.40. The van der Waals surface area contributed by atoms with Gasteiger partial charge in [-0.2, -0.15) is 13.2 Å². The van der Waals surface area contributed by atoms with Gasteiger partial charge in [-0.3, -0.25) is 4.79 Å². The van der Waals surface area contributed by atoms with E-state index >= 15 is 0 Å². The third-order valence-corrected chi connectivity index (χ3v) is 1.95. The van der Waals surface area contributed by atoms with Crippen LogP contribution >= 0.6 is 0 Å². The van der Waals surface area contributed by atoms with Crippen molar-refractivity contribution >= 4 is 11.6 Å². The Kier molecular flexibility index (Phi) is 3.93. The lowest BCUT2D eigenvalue weighted by atomic mass is 10.2. The second kappa shape index (κ2) is 5.03. The van der Waals surface area contributed by atoms with Crippen molar-refractivity contribution in [3.63, 3.8) is 0 Å². The van der Waals surface area contributed by atoms with E-state index in [0.717, 1.165) is 18.2 Å². The van der Waals surface area contributed by atoms with Gasteiger partial charge in [-0.1, -0.05) is 0 Å². The van der Waals surface area contributed by atoms with Crippen LogP contribution in [0.15, 0.2) is 18.2 Å². The van der Waals surface area contributed by atoms with Crippen LogP contribution in [-0.4, -0.2) is 18.6 Å². The summed E-state index contributed by atoms with van der Waals surface area (Å²) in [5.41, 5.74) is 5.01. The third-order valence-electron chi connectivity index (χ3n) is 1.95. The van der Waals surface area contributed by atoms with Crippen LogP contribution in [0.3, 0.4) is 0 Å². The number of nitrogens with one attached hydrogen (secondary N) is 1. The van der Waals surface area contributed by atoms with E-state index in [1.807, 2.05) is 0 Å². The Bertz CT molecular complexity index is 417. The summed E-state index contributed by atoms with van der Waals surface area (Å²) in [6.45, 7) is -0.528. The number of benzene rings is 1. The highest BCUT2D eigenvalue weighted by molar-refractivity contribution is 5.94. The summed E-state index contributed by atoms with van der Waals surface area (Å²) in [5, 5.41) is 2.07. The van der Waals surface area contributed by atoms with Crippen LogP contribution in [-0.2, 0) is 0 Å². The number of nitrogen functional groups attached to an aromatic ring is 1. The summed E-state index contributed by atoms with van der Waals surface area (Å²) in [6.07, 6.45) is -5.44. The maximum Gasteiger partial charge on any atom is 0.390 e. The fourth-order valence-electron chi connectivity index (χ4n) is 1.10. The molecule has 1 aromatic carbocycles. The molecule has 0 saturated heterocycles. The van der Waals surface area contributed by atoms with Crippen molar-refractivity contribution in [2.45, 2.75) is 12.6 Å². The van der Waals surface area contributed by atoms with E-state index in [1.165, 1.54) is 0 Å². The third kappa shape index (κ3) is 4.29. The van der Waals surface area contributed by atoms with Gasteiger partial charge in [-0.05, 0) is 18.2 Å². The largest absolute Gasteiger partial charge is 0.396 e. The molecule has 3 nitrogen and oxygen atoms in total. The number of alkyl halides is 3. The van der Waals surface area contributed by atoms with Crippen molar-refractivity contribution in [1.29, 1.82) is 0 Å². The topological polar surface area (TPSA) is 55.1 Å². The molecule has 0 spiro atoms. The maximum atomic E-state index is 12.8. The summed E-state index contributed by atoms with van der Waals surface area (Å²) in [4.78, 5) is 11.3. The van der Waals surface area contributed by atoms with Gasteiger partial charge in [0.15, 0.2) is 0 Å². The van der Waals surface area contributed by atoms with E-state index in [4.69, 9.17) is 5.73 Å². The molecule has 94 valence electrons. The van der Waals surface area contributed by atoms with Crippen molar-refractivity contribution < 1.29 is 22.4 Å². The van der Waals surface area contributed by atoms with Gasteiger partial charge in [-0.25, -0.2) is 4.39 Å². The molecule has 0 aliphatic carbocycles. The lowest BCUT2D eigenvalue weighted by Gasteiger charge is -2.08. The van der Waals surface area contributed by atoms with E-state index in [2.05, 4.69) is 5.32 Å². The highest BCUT2D eigenvalue weighted by Crippen LogP contribution is 2.18. The predicted molar refractivity (Wildman–Crippen MR) is 53.8 cm³/mol. The molecule has 17 heavy (non-hydrogen) atoms. The SMILES string of the molecule is Nc1cc(C(=O)NCCC(F)(F)F)ccc1F. The predicted octanol–water partition coefficient (Wildman–Crippen LogP) is 2.09. The van der Waals surface area contributed by atoms with Crippen molar-refractivity contribution in [3.05, 3.63) is 29.6 Å². The fraction of sp³-hybridized carbons (Fsp3) is 0.300. The number of hydrogen-bond acceptors (Lipinski definition) is 2. The molecule has 0 saturated carbocycles. The first-order valence-electron chi connectivity index (χ1n) is 4.69. The number of amides is 1. The van der Waals surface area contributed by atoms with Crippen LogP contribution in [0.25, 0.3) is 0 Å². The normalized spacial score (nSPS) is 11.3. The summed E-state index contributed by atoms with van der Waals surface area (Å²) in [6, 6.07) is 3.20. The molecule has 1 rings (SSSR count). The molecule has 0 radical (unpaired) electrons. The molecule has 0 fully saturated rings. The van der Waals surface area contributed by atoms with Gasteiger partial charge >= 0.3 is 6.18 Å². The zero-order valence-electron chi connectivity index (χ0n) is 8.64. The minimum atomic E-state index is -4.32. The monoisotopic (exact) mass is 250 g/mol. The molecule has 3 N–H and O–H groups in total. The van der Waals surface area contributed by atoms with Crippen LogP contribution < -0.4 is 11.1 Å². The maximum absolute atomic E-state index is 12.8. The van der Waals surface area contributed by atoms with Gasteiger partial charge < -0.3 is 11.1 Å². The molecule has 0 aliphatic heterocycles. The Morgan fingerprint density at radius 3 is 2.53 bits per heavy atom. The molecule has 0 aliphatic rings. The van der Waals surface area contributed by atoms with Gasteiger partial charge in [0, 0.05) is 12.1 Å². The number of halogens is 4. The average molecular weight is 250 g/mol. The van der Waals surface area contributed by atoms with E-state index in [0.29, 0.717) is 0 Å². The first-order chi connectivity index (χ1) is 7.79. The molecular formula is C10H10F4N2O. The van der Waals surface area contributed by atoms with Crippen molar-refractivity contribution in [1.82, 2.24) is 5.32 Å². The highest BCUT2D eigenvalue weighted by atomic mass is 19.4. The molecule has 7 heteroatoms. The smallest absolute Gasteiger partial charge is 0.390 e. The Hall–Kier alpha value is -1.79. The second-order valence-electron chi connectivity index (χ2n) is 3.36. The van der Waals surface area contributed by atoms with Gasteiger partial charge in [-0.15, -0.1) is 0 Å². The number of carbonyl (C=O) groups is 1. The van der Waals surface area contributed by atoms with E-state index < -0.39 is 30.9 Å². The van der Waals surface area contributed by atoms with Crippen LogP contribution in [0.4, 0.5) is 23.2 Å². The first kappa shape index (κ1) is 13.3. The van der Waals surface area contributed by atoms with Crippen molar-refractivity contribution in [3.8, 4) is 0 Å². The molecule has 0 heterocycles. The minimum Gasteiger partial charge on any atom is -0.396 e. The van der Waals surface area contributed by atoms with Crippen LogP contribution in [0.1, 0.15) is 16.8 Å². The zero-order chi connectivity index (χ0) is 13.1. The van der Waals surface area contributed by atoms with Crippen LogP contribution in [0, 0.1) is 5.82 Å². The van der Waals surface area contributed by atoms with Gasteiger partial charge in [0.25, 0.3) is 5.91 Å². The molecule has 0 unspecified atom stereocenters.